The Hall–Kier alpha value is -3.25. The van der Waals surface area contributed by atoms with E-state index in [1.165, 1.54) is 17.3 Å². The maximum absolute atomic E-state index is 14.3. The Balaban J connectivity index is 0.00000417. The number of nitrogens with zero attached hydrogens (tertiary/aromatic N) is 3. The van der Waals surface area contributed by atoms with Crippen molar-refractivity contribution in [2.45, 2.75) is 57.0 Å². The number of hydrogen-bond donors (Lipinski definition) is 1. The number of allylic oxidation sites excluding steroid dienone is 1. The number of nitrogens with one attached hydrogen (secondary N) is 1. The summed E-state index contributed by atoms with van der Waals surface area (Å²) in [6.45, 7) is 3.96. The van der Waals surface area contributed by atoms with Gasteiger partial charge >= 0.3 is 0 Å². The largest absolute Gasteiger partial charge is 0.490 e. The zero-order valence-corrected chi connectivity index (χ0v) is 29.6. The summed E-state index contributed by atoms with van der Waals surface area (Å²) in [6.07, 6.45) is 11.3. The Morgan fingerprint density at radius 1 is 1.25 bits per heavy atom. The summed E-state index contributed by atoms with van der Waals surface area (Å²) in [6, 6.07) is 11.6. The third kappa shape index (κ3) is 6.66. The Kier molecular flexibility index (Phi) is 9.40. The van der Waals surface area contributed by atoms with E-state index in [1.807, 2.05) is 25.1 Å². The molecule has 0 radical (unpaired) electrons. The molecule has 1 fully saturated rings. The summed E-state index contributed by atoms with van der Waals surface area (Å²) in [5.74, 6) is 0.121. The van der Waals surface area contributed by atoms with E-state index < -0.39 is 21.7 Å². The molecule has 1 unspecified atom stereocenters. The molecule has 2 aliphatic heterocycles. The van der Waals surface area contributed by atoms with Crippen LogP contribution in [0.1, 0.15) is 72.3 Å². The number of carbonyl (C=O) groups is 2. The van der Waals surface area contributed by atoms with E-state index in [2.05, 4.69) is 42.6 Å². The van der Waals surface area contributed by atoms with Gasteiger partial charge in [-0.2, -0.15) is 0 Å². The number of ether oxygens (including phenoxy) is 2. The van der Waals surface area contributed by atoms with Crippen LogP contribution < -0.4 is 14.4 Å². The molecule has 2 amide bonds. The van der Waals surface area contributed by atoms with Crippen molar-refractivity contribution in [3.63, 3.8) is 0 Å². The van der Waals surface area contributed by atoms with Gasteiger partial charge in [-0.05, 0) is 109 Å². The number of fused-ring (bicyclic) bond motifs is 4. The Bertz CT molecular complexity index is 1860. The molecule has 48 heavy (non-hydrogen) atoms. The van der Waals surface area contributed by atoms with Crippen molar-refractivity contribution in [1.29, 1.82) is 0 Å². The predicted molar refractivity (Wildman–Crippen MR) is 192 cm³/mol. The molecule has 256 valence electrons. The third-order valence-electron chi connectivity index (χ3n) is 10.5. The minimum atomic E-state index is -3.49. The first-order chi connectivity index (χ1) is 23.1. The predicted octanol–water partition coefficient (Wildman–Crippen LogP) is 7.11. The van der Waals surface area contributed by atoms with Crippen molar-refractivity contribution in [2.24, 2.45) is 22.1 Å². The van der Waals surface area contributed by atoms with E-state index in [1.54, 1.807) is 18.6 Å². The van der Waals surface area contributed by atoms with Crippen LogP contribution in [0.25, 0.3) is 0 Å². The summed E-state index contributed by atoms with van der Waals surface area (Å²) in [4.78, 5) is 29.3. The van der Waals surface area contributed by atoms with Gasteiger partial charge in [0.25, 0.3) is 11.8 Å². The van der Waals surface area contributed by atoms with Crippen molar-refractivity contribution in [1.82, 2.24) is 9.10 Å². The monoisotopic (exact) mass is 710 g/mol. The van der Waals surface area contributed by atoms with E-state index in [9.17, 15) is 13.8 Å². The summed E-state index contributed by atoms with van der Waals surface area (Å²) in [5.41, 5.74) is 3.69. The summed E-state index contributed by atoms with van der Waals surface area (Å²) >= 11 is 7.56. The molecule has 1 N–H and O–H groups in total. The number of amides is 2. The fourth-order valence-corrected chi connectivity index (χ4v) is 10.5. The van der Waals surface area contributed by atoms with Gasteiger partial charge in [0, 0.05) is 43.0 Å². The first kappa shape index (κ1) is 33.3. The van der Waals surface area contributed by atoms with Crippen LogP contribution >= 0.6 is 23.1 Å². The van der Waals surface area contributed by atoms with Gasteiger partial charge in [-0.15, -0.1) is 4.36 Å². The van der Waals surface area contributed by atoms with E-state index in [0.29, 0.717) is 36.2 Å². The van der Waals surface area contributed by atoms with Crippen molar-refractivity contribution in [3.05, 3.63) is 87.4 Å². The van der Waals surface area contributed by atoms with Crippen molar-refractivity contribution in [2.75, 3.05) is 37.5 Å². The highest BCUT2D eigenvalue weighted by atomic mass is 35.5. The second-order valence-electron chi connectivity index (χ2n) is 13.8. The molecule has 7 rings (SSSR count). The maximum atomic E-state index is 14.3. The van der Waals surface area contributed by atoms with Gasteiger partial charge in [0.15, 0.2) is 0 Å². The molecule has 9 nitrogen and oxygen atoms in total. The number of hydrogen-bond acceptors (Lipinski definition) is 8. The van der Waals surface area contributed by atoms with Crippen LogP contribution in [0, 0.1) is 17.8 Å². The summed E-state index contributed by atoms with van der Waals surface area (Å²) in [5, 5.41) is 2.32. The van der Waals surface area contributed by atoms with Gasteiger partial charge in [0.2, 0.25) is 0 Å². The number of rotatable bonds is 3. The summed E-state index contributed by atoms with van der Waals surface area (Å²) < 4.78 is 37.8. The fraction of sp³-hybridized carbons (Fsp3) is 0.472. The molecular formula is C36H43ClN4O5S2. The molecule has 3 aromatic rings. The average molecular weight is 711 g/mol. The van der Waals surface area contributed by atoms with Crippen molar-refractivity contribution in [3.8, 4) is 5.75 Å². The SMILES string of the molecule is CO[C@H]1/C=C/C[C@H](C)CS(=O)(NC(=O)c2cnsc2)=NC(=O)c2ccc3c(c2)N(C[C@@H]2CC[C@H]21)C[C@@]1(CCCc2cc(Cl)ccc21)CO3.[HH]. The molecule has 3 heterocycles. The molecule has 2 aromatic carbocycles. The molecule has 6 atom stereocenters. The highest BCUT2D eigenvalue weighted by Crippen LogP contribution is 2.47. The zero-order chi connectivity index (χ0) is 33.5. The molecule has 0 saturated heterocycles. The van der Waals surface area contributed by atoms with E-state index >= 15 is 0 Å². The van der Waals surface area contributed by atoms with Gasteiger partial charge in [0.05, 0.1) is 35.9 Å². The van der Waals surface area contributed by atoms with E-state index in [0.717, 1.165) is 67.4 Å². The first-order valence-electron chi connectivity index (χ1n) is 16.7. The van der Waals surface area contributed by atoms with Crippen LogP contribution in [0.2, 0.25) is 5.02 Å². The van der Waals surface area contributed by atoms with Gasteiger partial charge in [0.1, 0.15) is 15.7 Å². The van der Waals surface area contributed by atoms with Gasteiger partial charge in [-0.1, -0.05) is 36.7 Å². The van der Waals surface area contributed by atoms with Crippen molar-refractivity contribution < 1.29 is 24.7 Å². The molecule has 2 bridgehead atoms. The van der Waals surface area contributed by atoms with Gasteiger partial charge < -0.3 is 14.4 Å². The van der Waals surface area contributed by atoms with Crippen molar-refractivity contribution >= 4 is 50.6 Å². The smallest absolute Gasteiger partial charge is 0.286 e. The van der Waals surface area contributed by atoms with Gasteiger partial charge in [-0.25, -0.2) is 8.58 Å². The number of carbonyl (C=O) groups excluding carboxylic acids is 2. The molecule has 1 spiro atoms. The zero-order valence-electron chi connectivity index (χ0n) is 27.2. The lowest BCUT2D eigenvalue weighted by molar-refractivity contribution is 0.0131. The number of halogens is 1. The second-order valence-corrected chi connectivity index (χ2v) is 16.9. The normalized spacial score (nSPS) is 30.9. The number of aromatic nitrogens is 1. The Labute approximate surface area is 293 Å². The van der Waals surface area contributed by atoms with Crippen LogP contribution in [-0.4, -0.2) is 59.1 Å². The Morgan fingerprint density at radius 3 is 2.90 bits per heavy atom. The lowest BCUT2D eigenvalue weighted by Crippen LogP contribution is -2.49. The highest BCUT2D eigenvalue weighted by molar-refractivity contribution is 7.92. The summed E-state index contributed by atoms with van der Waals surface area (Å²) in [7, 11) is -1.72. The average Bonchev–Trinajstić information content (AvgIpc) is 3.55. The molecular weight excluding hydrogens is 668 g/mol. The lowest BCUT2D eigenvalue weighted by atomic mass is 9.68. The van der Waals surface area contributed by atoms with Crippen LogP contribution in [0.4, 0.5) is 5.69 Å². The molecule has 1 aromatic heterocycles. The number of methoxy groups -OCH3 is 1. The standard InChI is InChI=1S/C36H41ClN4O5S2.H2/c1-23-5-3-7-32(45-2)29-11-8-26(29)18-41-21-36(14-4-6-24-15-28(37)10-12-30(24)36)22-46-33-13-9-25(16-31(33)41)34(42)39-48(44,20-23)40-35(43)27-17-38-47-19-27;/h3,7,9-10,12-13,15-17,19,23,26,29,32H,4-6,8,11,14,18,20-22H2,1-2H3,(H,39,40,42,43,44);1H/b7-3+;/t23-,26-,29+,32-,36-,48?;/m0./s1. The number of benzene rings is 2. The van der Waals surface area contributed by atoms with E-state index in [4.69, 9.17) is 21.1 Å². The highest BCUT2D eigenvalue weighted by Gasteiger charge is 2.44. The minimum Gasteiger partial charge on any atom is -0.490 e. The van der Waals surface area contributed by atoms with E-state index in [-0.39, 0.29) is 30.2 Å². The van der Waals surface area contributed by atoms with Crippen LogP contribution in [0.15, 0.2) is 64.5 Å². The molecule has 12 heteroatoms. The quantitative estimate of drug-likeness (QED) is 0.289. The Morgan fingerprint density at radius 2 is 2.12 bits per heavy atom. The first-order valence-corrected chi connectivity index (χ1v) is 19.6. The molecule has 2 aliphatic carbocycles. The topological polar surface area (TPSA) is 110 Å². The molecule has 1 saturated carbocycles. The second kappa shape index (κ2) is 13.6. The van der Waals surface area contributed by atoms with Crippen LogP contribution in [0.5, 0.6) is 5.75 Å². The van der Waals surface area contributed by atoms with Crippen LogP contribution in [0.3, 0.4) is 0 Å². The molecule has 4 aliphatic rings. The lowest BCUT2D eigenvalue weighted by Gasteiger charge is -2.46. The number of aryl methyl sites for hydroxylation is 1. The third-order valence-corrected chi connectivity index (χ3v) is 13.3. The number of anilines is 1. The fourth-order valence-electron chi connectivity index (χ4n) is 7.89. The minimum absolute atomic E-state index is 0. The van der Waals surface area contributed by atoms with Gasteiger partial charge in [-0.3, -0.25) is 14.3 Å². The maximum Gasteiger partial charge on any atom is 0.286 e. The van der Waals surface area contributed by atoms with Crippen LogP contribution in [-0.2, 0) is 26.5 Å².